The van der Waals surface area contributed by atoms with E-state index < -0.39 is 17.4 Å². The van der Waals surface area contributed by atoms with Crippen molar-refractivity contribution in [2.45, 2.75) is 53.5 Å². The molecule has 0 heterocycles. The van der Waals surface area contributed by atoms with Gasteiger partial charge in [-0.05, 0) is 17.8 Å². The van der Waals surface area contributed by atoms with Gasteiger partial charge in [-0.15, -0.1) is 0 Å². The van der Waals surface area contributed by atoms with E-state index in [-0.39, 0.29) is 24.8 Å². The summed E-state index contributed by atoms with van der Waals surface area (Å²) in [6.45, 7) is 9.64. The van der Waals surface area contributed by atoms with Gasteiger partial charge in [-0.2, -0.15) is 0 Å². The number of amides is 3. The highest BCUT2D eigenvalue weighted by atomic mass is 16.5. The fourth-order valence-electron chi connectivity index (χ4n) is 2.28. The number of nitrogens with zero attached hydrogens (tertiary/aromatic N) is 2. The second-order valence-corrected chi connectivity index (χ2v) is 7.94. The molecule has 0 aromatic carbocycles. The average molecular weight is 343 g/mol. The van der Waals surface area contributed by atoms with Crippen LogP contribution in [0.1, 0.15) is 47.5 Å². The molecule has 7 heteroatoms. The Morgan fingerprint density at radius 3 is 2.08 bits per heavy atom. The van der Waals surface area contributed by atoms with E-state index >= 15 is 0 Å². The average Bonchev–Trinajstić information content (AvgIpc) is 2.46. The van der Waals surface area contributed by atoms with Gasteiger partial charge in [0.15, 0.2) is 0 Å². The van der Waals surface area contributed by atoms with Crippen molar-refractivity contribution in [2.75, 3.05) is 20.6 Å². The molecule has 2 atom stereocenters. The van der Waals surface area contributed by atoms with Crippen LogP contribution in [-0.4, -0.2) is 60.1 Å². The van der Waals surface area contributed by atoms with Crippen molar-refractivity contribution in [3.8, 4) is 0 Å². The number of carbonyl (C=O) groups excluding carboxylic acids is 3. The third kappa shape index (κ3) is 7.77. The molecule has 2 N–H and O–H groups in total. The van der Waals surface area contributed by atoms with Crippen molar-refractivity contribution in [1.29, 1.82) is 0 Å². The first-order valence-corrected chi connectivity index (χ1v) is 8.32. The monoisotopic (exact) mass is 343 g/mol. The Labute approximate surface area is 145 Å². The van der Waals surface area contributed by atoms with Gasteiger partial charge in [-0.3, -0.25) is 19.6 Å². The fourth-order valence-corrected chi connectivity index (χ4v) is 2.28. The van der Waals surface area contributed by atoms with Crippen molar-refractivity contribution in [3.63, 3.8) is 0 Å². The minimum absolute atomic E-state index is 0.0882. The lowest BCUT2D eigenvalue weighted by Crippen LogP contribution is -2.55. The third-order valence-electron chi connectivity index (χ3n) is 3.83. The van der Waals surface area contributed by atoms with Crippen LogP contribution in [0.15, 0.2) is 0 Å². The van der Waals surface area contributed by atoms with Gasteiger partial charge in [0, 0.05) is 14.1 Å². The zero-order valence-corrected chi connectivity index (χ0v) is 16.0. The number of hydrogen-bond acceptors (Lipinski definition) is 4. The molecule has 0 aliphatic heterocycles. The lowest BCUT2D eigenvalue weighted by atomic mass is 9.85. The highest BCUT2D eigenvalue weighted by Gasteiger charge is 2.35. The topological polar surface area (TPSA) is 90.0 Å². The molecule has 0 saturated carbocycles. The van der Waals surface area contributed by atoms with Crippen LogP contribution in [0.3, 0.4) is 0 Å². The molecule has 0 spiro atoms. The Bertz CT molecular complexity index is 430. The van der Waals surface area contributed by atoms with Crippen molar-refractivity contribution >= 4 is 18.2 Å². The molecule has 0 fully saturated rings. The van der Waals surface area contributed by atoms with E-state index in [4.69, 9.17) is 0 Å². The highest BCUT2D eigenvalue weighted by molar-refractivity contribution is 5.89. The van der Waals surface area contributed by atoms with E-state index in [1.54, 1.807) is 14.1 Å². The summed E-state index contributed by atoms with van der Waals surface area (Å²) in [5.41, 5.74) is -0.455. The molecular formula is C17H33N3O4. The van der Waals surface area contributed by atoms with Crippen molar-refractivity contribution < 1.29 is 19.6 Å². The second kappa shape index (κ2) is 9.61. The normalized spacial score (nSPS) is 14.0. The van der Waals surface area contributed by atoms with Gasteiger partial charge in [0.25, 0.3) is 0 Å². The van der Waals surface area contributed by atoms with E-state index in [2.05, 4.69) is 5.32 Å². The summed E-state index contributed by atoms with van der Waals surface area (Å²) in [4.78, 5) is 37.2. The number of nitrogens with one attached hydrogen (secondary N) is 1. The summed E-state index contributed by atoms with van der Waals surface area (Å²) in [6.07, 6.45) is 1.59. The van der Waals surface area contributed by atoms with Gasteiger partial charge in [-0.25, -0.2) is 5.06 Å². The lowest BCUT2D eigenvalue weighted by Gasteiger charge is -2.33. The van der Waals surface area contributed by atoms with E-state index in [0.717, 1.165) is 6.42 Å². The quantitative estimate of drug-likeness (QED) is 0.377. The lowest BCUT2D eigenvalue weighted by molar-refractivity contribution is -0.155. The Morgan fingerprint density at radius 1 is 1.17 bits per heavy atom. The second-order valence-electron chi connectivity index (χ2n) is 7.94. The maximum absolute atomic E-state index is 12.7. The van der Waals surface area contributed by atoms with E-state index in [1.165, 1.54) is 4.90 Å². The Morgan fingerprint density at radius 2 is 1.71 bits per heavy atom. The summed E-state index contributed by atoms with van der Waals surface area (Å²) < 4.78 is 0. The number of likely N-dealkylation sites (N-methyl/N-ethyl adjacent to an activating group) is 1. The maximum atomic E-state index is 12.7. The summed E-state index contributed by atoms with van der Waals surface area (Å²) in [5, 5.41) is 12.7. The highest BCUT2D eigenvalue weighted by Crippen LogP contribution is 2.22. The standard InChI is InChI=1S/C17H33N3O4/c1-12(2)8-9-13(10-20(24)11-21)15(22)18-14(17(3,4)5)16(23)19(6)7/h11-14,24H,8-10H2,1-7H3,(H,18,22). The van der Waals surface area contributed by atoms with Gasteiger partial charge in [0.1, 0.15) is 6.04 Å². The summed E-state index contributed by atoms with van der Waals surface area (Å²) >= 11 is 0. The van der Waals surface area contributed by atoms with E-state index in [1.807, 2.05) is 34.6 Å². The van der Waals surface area contributed by atoms with Gasteiger partial charge < -0.3 is 10.2 Å². The first kappa shape index (κ1) is 22.4. The molecule has 0 saturated heterocycles. The van der Waals surface area contributed by atoms with Crippen LogP contribution in [0, 0.1) is 17.3 Å². The maximum Gasteiger partial charge on any atom is 0.245 e. The molecule has 0 aromatic rings. The summed E-state index contributed by atoms with van der Waals surface area (Å²) in [6, 6.07) is -0.676. The first-order valence-electron chi connectivity index (χ1n) is 8.32. The van der Waals surface area contributed by atoms with Crippen LogP contribution in [0.4, 0.5) is 0 Å². The van der Waals surface area contributed by atoms with Crippen molar-refractivity contribution in [2.24, 2.45) is 17.3 Å². The largest absolute Gasteiger partial charge is 0.347 e. The minimum atomic E-state index is -0.676. The van der Waals surface area contributed by atoms with Gasteiger partial charge in [-0.1, -0.05) is 41.0 Å². The van der Waals surface area contributed by atoms with Gasteiger partial charge >= 0.3 is 0 Å². The van der Waals surface area contributed by atoms with Crippen LogP contribution in [0.25, 0.3) is 0 Å². The zero-order valence-electron chi connectivity index (χ0n) is 16.0. The first-order chi connectivity index (χ1) is 10.9. The SMILES string of the molecule is CC(C)CCC(CN(O)C=O)C(=O)NC(C(=O)N(C)C)C(C)(C)C. The number of carbonyl (C=O) groups is 3. The predicted molar refractivity (Wildman–Crippen MR) is 92.2 cm³/mol. The van der Waals surface area contributed by atoms with Crippen LogP contribution in [0.5, 0.6) is 0 Å². The molecule has 0 radical (unpaired) electrons. The number of hydrogen-bond donors (Lipinski definition) is 2. The summed E-state index contributed by atoms with van der Waals surface area (Å²) in [7, 11) is 3.29. The van der Waals surface area contributed by atoms with Crippen LogP contribution in [0.2, 0.25) is 0 Å². The van der Waals surface area contributed by atoms with Crippen LogP contribution < -0.4 is 5.32 Å². The van der Waals surface area contributed by atoms with E-state index in [9.17, 15) is 19.6 Å². The molecule has 0 bridgehead atoms. The zero-order chi connectivity index (χ0) is 19.1. The van der Waals surface area contributed by atoms with E-state index in [0.29, 0.717) is 17.4 Å². The Balaban J connectivity index is 5.21. The molecule has 0 aliphatic carbocycles. The Hall–Kier alpha value is -1.63. The molecule has 140 valence electrons. The molecular weight excluding hydrogens is 310 g/mol. The summed E-state index contributed by atoms with van der Waals surface area (Å²) in [5.74, 6) is -0.686. The molecule has 0 aliphatic rings. The Kier molecular flexibility index (Phi) is 8.96. The third-order valence-corrected chi connectivity index (χ3v) is 3.83. The van der Waals surface area contributed by atoms with Crippen LogP contribution >= 0.6 is 0 Å². The predicted octanol–water partition coefficient (Wildman–Crippen LogP) is 1.51. The smallest absolute Gasteiger partial charge is 0.245 e. The van der Waals surface area contributed by atoms with Crippen LogP contribution in [-0.2, 0) is 14.4 Å². The number of rotatable bonds is 9. The number of hydroxylamine groups is 2. The molecule has 0 aromatic heterocycles. The molecule has 0 rings (SSSR count). The van der Waals surface area contributed by atoms with Gasteiger partial charge in [0.2, 0.25) is 18.2 Å². The minimum Gasteiger partial charge on any atom is -0.347 e. The van der Waals surface area contributed by atoms with Gasteiger partial charge in [0.05, 0.1) is 12.5 Å². The molecule has 7 nitrogen and oxygen atoms in total. The van der Waals surface area contributed by atoms with Crippen molar-refractivity contribution in [3.05, 3.63) is 0 Å². The van der Waals surface area contributed by atoms with Crippen molar-refractivity contribution in [1.82, 2.24) is 15.3 Å². The molecule has 24 heavy (non-hydrogen) atoms. The fraction of sp³-hybridized carbons (Fsp3) is 0.824. The molecule has 2 unspecified atom stereocenters. The molecule has 3 amide bonds.